The van der Waals surface area contributed by atoms with Gasteiger partial charge in [-0.3, -0.25) is 19.3 Å². The fraction of sp³-hybridized carbons (Fsp3) is 0.429. The van der Waals surface area contributed by atoms with Crippen molar-refractivity contribution in [3.8, 4) is 0 Å². The first-order valence-electron chi connectivity index (χ1n) is 9.40. The summed E-state index contributed by atoms with van der Waals surface area (Å²) in [4.78, 5) is 41.9. The predicted molar refractivity (Wildman–Crippen MR) is 120 cm³/mol. The summed E-state index contributed by atoms with van der Waals surface area (Å²) in [6.07, 6.45) is 3.74. The summed E-state index contributed by atoms with van der Waals surface area (Å²) < 4.78 is 6.88. The number of carbonyl (C=O) groups excluding carboxylic acids is 3. The Kier molecular flexibility index (Phi) is 9.00. The van der Waals surface area contributed by atoms with E-state index in [1.54, 1.807) is 62.1 Å². The van der Waals surface area contributed by atoms with Crippen LogP contribution in [0.15, 0.2) is 36.8 Å². The van der Waals surface area contributed by atoms with Crippen LogP contribution in [0.4, 0.5) is 0 Å². The Bertz CT molecular complexity index is 836. The molecule has 2 heterocycles. The molecule has 3 rings (SSSR count). The van der Waals surface area contributed by atoms with Gasteiger partial charge < -0.3 is 9.30 Å². The molecule has 1 aromatic heterocycles. The molecule has 0 spiro atoms. The zero-order valence-corrected chi connectivity index (χ0v) is 19.8. The third-order valence-electron chi connectivity index (χ3n) is 4.11. The van der Waals surface area contributed by atoms with E-state index in [-0.39, 0.29) is 55.0 Å². The zero-order valence-electron chi connectivity index (χ0n) is 17.5. The van der Waals surface area contributed by atoms with Gasteiger partial charge in [0.05, 0.1) is 28.6 Å². The second kappa shape index (κ2) is 10.5. The minimum Gasteiger partial charge on any atom is -0.443 e. The van der Waals surface area contributed by atoms with Crippen molar-refractivity contribution in [2.24, 2.45) is 5.41 Å². The molecule has 0 radical (unpaired) electrons. The van der Waals surface area contributed by atoms with Crippen LogP contribution in [0, 0.1) is 5.41 Å². The highest BCUT2D eigenvalue weighted by Crippen LogP contribution is 2.22. The molecule has 29 heavy (non-hydrogen) atoms. The van der Waals surface area contributed by atoms with Crippen LogP contribution in [-0.4, -0.2) is 38.8 Å². The molecule has 1 aliphatic rings. The second-order valence-corrected chi connectivity index (χ2v) is 7.25. The minimum absolute atomic E-state index is 0. The number of hydrogen-bond donors (Lipinski definition) is 0. The van der Waals surface area contributed by atoms with Crippen molar-refractivity contribution in [1.29, 1.82) is 0 Å². The lowest BCUT2D eigenvalue weighted by Crippen LogP contribution is -2.31. The number of esters is 1. The molecule has 8 heteroatoms. The number of ether oxygens (including phenoxy) is 1. The van der Waals surface area contributed by atoms with Gasteiger partial charge in [-0.25, -0.2) is 4.98 Å². The highest BCUT2D eigenvalue weighted by atomic mass is 127. The molecule has 0 aliphatic carbocycles. The van der Waals surface area contributed by atoms with E-state index >= 15 is 0 Å². The largest absolute Gasteiger partial charge is 0.443 e. The Morgan fingerprint density at radius 1 is 1.07 bits per heavy atom. The SMILES string of the molecule is CC.CC(C)(C)C(=O)OCn1cnc(CCN2C(=O)c3ccccc3C2=O)c1.I. The molecule has 7 nitrogen and oxygen atoms in total. The fourth-order valence-corrected chi connectivity index (χ4v) is 2.62. The molecule has 0 saturated carbocycles. The monoisotopic (exact) mass is 513 g/mol. The van der Waals surface area contributed by atoms with Gasteiger partial charge in [-0.15, -0.1) is 24.0 Å². The molecule has 1 aliphatic heterocycles. The highest BCUT2D eigenvalue weighted by molar-refractivity contribution is 14.0. The van der Waals surface area contributed by atoms with E-state index in [9.17, 15) is 14.4 Å². The molecule has 0 atom stereocenters. The number of aromatic nitrogens is 2. The highest BCUT2D eigenvalue weighted by Gasteiger charge is 2.34. The van der Waals surface area contributed by atoms with Crippen molar-refractivity contribution in [2.45, 2.75) is 47.8 Å². The summed E-state index contributed by atoms with van der Waals surface area (Å²) in [5.41, 5.74) is 1.04. The van der Waals surface area contributed by atoms with Gasteiger partial charge in [0.15, 0.2) is 6.73 Å². The lowest BCUT2D eigenvalue weighted by Gasteiger charge is -2.16. The third kappa shape index (κ3) is 5.88. The maximum Gasteiger partial charge on any atom is 0.312 e. The molecule has 1 aromatic carbocycles. The summed E-state index contributed by atoms with van der Waals surface area (Å²) >= 11 is 0. The van der Waals surface area contributed by atoms with Crippen LogP contribution in [0.25, 0.3) is 0 Å². The molecule has 2 aromatic rings. The standard InChI is InChI=1S/C19H21N3O4.C2H6.HI/c1-19(2,3)18(25)26-12-21-10-13(20-11-21)8-9-22-16(23)14-6-4-5-7-15(14)17(22)24;1-2;/h4-7,10-11H,8-9,12H2,1-3H3;1-2H3;1H. The quantitative estimate of drug-likeness (QED) is 0.344. The Labute approximate surface area is 188 Å². The van der Waals surface area contributed by atoms with Crippen LogP contribution in [0.1, 0.15) is 61.0 Å². The van der Waals surface area contributed by atoms with Gasteiger partial charge >= 0.3 is 5.97 Å². The first-order chi connectivity index (χ1) is 13.3. The summed E-state index contributed by atoms with van der Waals surface area (Å²) in [5, 5.41) is 0. The minimum atomic E-state index is -0.561. The zero-order chi connectivity index (χ0) is 20.9. The number of nitrogens with zero attached hydrogens (tertiary/aromatic N) is 3. The molecule has 0 unspecified atom stereocenters. The molecule has 2 amide bonds. The van der Waals surface area contributed by atoms with Crippen molar-refractivity contribution in [1.82, 2.24) is 14.5 Å². The Morgan fingerprint density at radius 2 is 1.62 bits per heavy atom. The molecule has 0 saturated heterocycles. The average molecular weight is 513 g/mol. The summed E-state index contributed by atoms with van der Waals surface area (Å²) in [7, 11) is 0. The first-order valence-corrected chi connectivity index (χ1v) is 9.40. The fourth-order valence-electron chi connectivity index (χ4n) is 2.62. The van der Waals surface area contributed by atoms with Gasteiger partial charge in [0, 0.05) is 19.2 Å². The molecule has 0 fully saturated rings. The normalized spacial score (nSPS) is 12.7. The van der Waals surface area contributed by atoms with Gasteiger partial charge in [0.2, 0.25) is 0 Å². The molecule has 158 valence electrons. The number of fused-ring (bicyclic) bond motifs is 1. The van der Waals surface area contributed by atoms with Crippen LogP contribution in [0.5, 0.6) is 0 Å². The predicted octanol–water partition coefficient (Wildman–Crippen LogP) is 3.91. The third-order valence-corrected chi connectivity index (χ3v) is 4.11. The maximum absolute atomic E-state index is 12.3. The lowest BCUT2D eigenvalue weighted by atomic mass is 9.98. The molecule has 0 N–H and O–H groups in total. The second-order valence-electron chi connectivity index (χ2n) is 7.25. The van der Waals surface area contributed by atoms with E-state index in [0.29, 0.717) is 23.2 Å². The number of imide groups is 1. The van der Waals surface area contributed by atoms with E-state index in [1.165, 1.54) is 4.90 Å². The van der Waals surface area contributed by atoms with Crippen LogP contribution in [-0.2, 0) is 22.7 Å². The van der Waals surface area contributed by atoms with E-state index < -0.39 is 5.41 Å². The van der Waals surface area contributed by atoms with Gasteiger partial charge in [-0.2, -0.15) is 0 Å². The van der Waals surface area contributed by atoms with Crippen molar-refractivity contribution in [3.63, 3.8) is 0 Å². The van der Waals surface area contributed by atoms with Crippen LogP contribution < -0.4 is 0 Å². The molecular formula is C21H28IN3O4. The van der Waals surface area contributed by atoms with Gasteiger partial charge in [-0.05, 0) is 32.9 Å². The smallest absolute Gasteiger partial charge is 0.312 e. The Balaban J connectivity index is 0.00000136. The van der Waals surface area contributed by atoms with E-state index in [1.807, 2.05) is 13.8 Å². The summed E-state index contributed by atoms with van der Waals surface area (Å²) in [6, 6.07) is 6.81. The topological polar surface area (TPSA) is 81.5 Å². The van der Waals surface area contributed by atoms with Crippen LogP contribution >= 0.6 is 24.0 Å². The lowest BCUT2D eigenvalue weighted by molar-refractivity contribution is -0.156. The van der Waals surface area contributed by atoms with E-state index in [2.05, 4.69) is 4.98 Å². The number of benzene rings is 1. The van der Waals surface area contributed by atoms with E-state index in [4.69, 9.17) is 4.74 Å². The van der Waals surface area contributed by atoms with Crippen LogP contribution in [0.2, 0.25) is 0 Å². The van der Waals surface area contributed by atoms with Gasteiger partial charge in [-0.1, -0.05) is 26.0 Å². The number of halogens is 1. The maximum atomic E-state index is 12.3. The number of carbonyl (C=O) groups is 3. The number of hydrogen-bond acceptors (Lipinski definition) is 5. The number of amides is 2. The van der Waals surface area contributed by atoms with Gasteiger partial charge in [0.1, 0.15) is 0 Å². The van der Waals surface area contributed by atoms with Gasteiger partial charge in [0.25, 0.3) is 11.8 Å². The van der Waals surface area contributed by atoms with Crippen LogP contribution in [0.3, 0.4) is 0 Å². The Morgan fingerprint density at radius 3 is 2.14 bits per heavy atom. The van der Waals surface area contributed by atoms with Crippen molar-refractivity contribution in [3.05, 3.63) is 53.6 Å². The summed E-state index contributed by atoms with van der Waals surface area (Å²) in [6.45, 7) is 9.70. The number of imidazole rings is 1. The molecule has 0 bridgehead atoms. The first kappa shape index (κ1) is 24.8. The number of rotatable bonds is 5. The van der Waals surface area contributed by atoms with Crippen molar-refractivity contribution in [2.75, 3.05) is 6.54 Å². The summed E-state index contributed by atoms with van der Waals surface area (Å²) in [5.74, 6) is -0.841. The van der Waals surface area contributed by atoms with Crippen molar-refractivity contribution < 1.29 is 19.1 Å². The molecular weight excluding hydrogens is 485 g/mol. The van der Waals surface area contributed by atoms with Crippen molar-refractivity contribution >= 4 is 41.8 Å². The van der Waals surface area contributed by atoms with E-state index in [0.717, 1.165) is 0 Å². The Hall–Kier alpha value is -2.23. The average Bonchev–Trinajstić information content (AvgIpc) is 3.23.